The highest BCUT2D eigenvalue weighted by atomic mass is 16.2. The number of urea groups is 2. The molecule has 4 amide bonds. The molecule has 0 saturated carbocycles. The maximum atomic E-state index is 11.5. The van der Waals surface area contributed by atoms with E-state index in [0.717, 1.165) is 0 Å². The first-order valence-electron chi connectivity index (χ1n) is 6.75. The molecule has 2 N–H and O–H groups in total. The van der Waals surface area contributed by atoms with E-state index in [1.165, 1.54) is 12.4 Å². The van der Waals surface area contributed by atoms with Gasteiger partial charge in [-0.3, -0.25) is 0 Å². The highest BCUT2D eigenvalue weighted by Crippen LogP contribution is 1.87. The van der Waals surface area contributed by atoms with Crippen LogP contribution in [0.3, 0.4) is 0 Å². The molecule has 0 aromatic heterocycles. The van der Waals surface area contributed by atoms with Crippen LogP contribution in [0.4, 0.5) is 9.59 Å². The van der Waals surface area contributed by atoms with Crippen molar-refractivity contribution in [3.05, 3.63) is 0 Å². The summed E-state index contributed by atoms with van der Waals surface area (Å²) in [5.74, 6) is 0. The Morgan fingerprint density at radius 1 is 0.800 bits per heavy atom. The molecule has 0 fully saturated rings. The minimum atomic E-state index is -0.271. The SMILES string of the molecule is CCN(CC)C(=O)NN=CC=NNC(=O)N(CC)CC. The van der Waals surface area contributed by atoms with Gasteiger partial charge in [-0.15, -0.1) is 0 Å². The highest BCUT2D eigenvalue weighted by Gasteiger charge is 2.07. The van der Waals surface area contributed by atoms with Crippen molar-refractivity contribution in [2.45, 2.75) is 27.7 Å². The van der Waals surface area contributed by atoms with E-state index in [1.54, 1.807) is 9.80 Å². The van der Waals surface area contributed by atoms with Gasteiger partial charge >= 0.3 is 12.1 Å². The summed E-state index contributed by atoms with van der Waals surface area (Å²) in [6, 6.07) is -0.543. The number of hydrazone groups is 2. The fourth-order valence-electron chi connectivity index (χ4n) is 1.41. The third kappa shape index (κ3) is 6.72. The second-order valence-corrected chi connectivity index (χ2v) is 3.73. The molecule has 0 unspecified atom stereocenters. The van der Waals surface area contributed by atoms with Crippen LogP contribution >= 0.6 is 0 Å². The first-order chi connectivity index (χ1) is 9.60. The largest absolute Gasteiger partial charge is 0.337 e. The summed E-state index contributed by atoms with van der Waals surface area (Å²) in [4.78, 5) is 26.2. The van der Waals surface area contributed by atoms with Crippen LogP contribution in [0.25, 0.3) is 0 Å². The van der Waals surface area contributed by atoms with Gasteiger partial charge in [0.25, 0.3) is 0 Å². The lowest BCUT2D eigenvalue weighted by Crippen LogP contribution is -2.37. The molecule has 0 atom stereocenters. The number of carbonyl (C=O) groups is 2. The molecule has 0 aromatic carbocycles. The molecule has 0 radical (unpaired) electrons. The third-order valence-corrected chi connectivity index (χ3v) is 2.64. The van der Waals surface area contributed by atoms with Gasteiger partial charge < -0.3 is 9.80 Å². The van der Waals surface area contributed by atoms with E-state index in [2.05, 4.69) is 21.1 Å². The van der Waals surface area contributed by atoms with E-state index >= 15 is 0 Å². The van der Waals surface area contributed by atoms with Crippen molar-refractivity contribution in [2.24, 2.45) is 10.2 Å². The molecule has 0 aliphatic heterocycles. The molecule has 0 heterocycles. The number of amides is 4. The minimum Gasteiger partial charge on any atom is -0.324 e. The molecule has 0 spiro atoms. The van der Waals surface area contributed by atoms with Crippen molar-refractivity contribution in [1.29, 1.82) is 0 Å². The standard InChI is InChI=1S/C12H24N6O2/c1-5-17(6-2)11(19)15-13-9-10-14-16-12(20)18(7-3)8-4/h9-10H,5-8H2,1-4H3,(H,15,19)(H,16,20). The molecule has 114 valence electrons. The predicted octanol–water partition coefficient (Wildman–Crippen LogP) is 1.06. The van der Waals surface area contributed by atoms with Gasteiger partial charge in [-0.05, 0) is 27.7 Å². The monoisotopic (exact) mass is 284 g/mol. The van der Waals surface area contributed by atoms with E-state index in [0.29, 0.717) is 26.2 Å². The first-order valence-corrected chi connectivity index (χ1v) is 6.75. The molecule has 0 aliphatic carbocycles. The summed E-state index contributed by atoms with van der Waals surface area (Å²) in [6.45, 7) is 10.0. The Balaban J connectivity index is 4.04. The Morgan fingerprint density at radius 2 is 1.10 bits per heavy atom. The van der Waals surface area contributed by atoms with Crippen LogP contribution in [0.1, 0.15) is 27.7 Å². The summed E-state index contributed by atoms with van der Waals surface area (Å²) in [5.41, 5.74) is 4.72. The first kappa shape index (κ1) is 17.9. The molecule has 0 aromatic rings. The van der Waals surface area contributed by atoms with Crippen LogP contribution in [0.5, 0.6) is 0 Å². The average molecular weight is 284 g/mol. The average Bonchev–Trinajstić information content (AvgIpc) is 2.45. The lowest BCUT2D eigenvalue weighted by molar-refractivity contribution is 0.203. The van der Waals surface area contributed by atoms with Crippen molar-refractivity contribution in [2.75, 3.05) is 26.2 Å². The molecular weight excluding hydrogens is 260 g/mol. The normalized spacial score (nSPS) is 10.8. The molecule has 0 bridgehead atoms. The summed E-state index contributed by atoms with van der Waals surface area (Å²) < 4.78 is 0. The van der Waals surface area contributed by atoms with Gasteiger partial charge in [0, 0.05) is 26.2 Å². The van der Waals surface area contributed by atoms with Crippen molar-refractivity contribution in [1.82, 2.24) is 20.7 Å². The Morgan fingerprint density at radius 3 is 1.35 bits per heavy atom. The Kier molecular flexibility index (Phi) is 9.63. The van der Waals surface area contributed by atoms with Gasteiger partial charge in [0.05, 0.1) is 12.4 Å². The third-order valence-electron chi connectivity index (χ3n) is 2.64. The number of carbonyl (C=O) groups excluding carboxylic acids is 2. The van der Waals surface area contributed by atoms with Crippen LogP contribution in [0, 0.1) is 0 Å². The molecule has 8 heteroatoms. The topological polar surface area (TPSA) is 89.4 Å². The maximum absolute atomic E-state index is 11.5. The molecule has 8 nitrogen and oxygen atoms in total. The Hall–Kier alpha value is -2.12. The number of nitrogens with zero attached hydrogens (tertiary/aromatic N) is 4. The smallest absolute Gasteiger partial charge is 0.324 e. The van der Waals surface area contributed by atoms with E-state index in [9.17, 15) is 9.59 Å². The lowest BCUT2D eigenvalue weighted by atomic mass is 10.5. The number of nitrogens with one attached hydrogen (secondary N) is 2. The van der Waals surface area contributed by atoms with Gasteiger partial charge in [0.1, 0.15) is 0 Å². The molecule has 0 rings (SSSR count). The zero-order valence-corrected chi connectivity index (χ0v) is 12.6. The fourth-order valence-corrected chi connectivity index (χ4v) is 1.41. The zero-order valence-electron chi connectivity index (χ0n) is 12.6. The zero-order chi connectivity index (χ0) is 15.4. The van der Waals surface area contributed by atoms with Crippen LogP contribution in [-0.2, 0) is 0 Å². The summed E-state index contributed by atoms with van der Waals surface area (Å²) in [6.07, 6.45) is 2.59. The van der Waals surface area contributed by atoms with Gasteiger partial charge in [-0.2, -0.15) is 10.2 Å². The quantitative estimate of drug-likeness (QED) is 0.540. The van der Waals surface area contributed by atoms with Crippen molar-refractivity contribution < 1.29 is 9.59 Å². The van der Waals surface area contributed by atoms with Crippen LogP contribution in [0.15, 0.2) is 10.2 Å². The van der Waals surface area contributed by atoms with Gasteiger partial charge in [-0.25, -0.2) is 20.4 Å². The predicted molar refractivity (Wildman–Crippen MR) is 79.9 cm³/mol. The minimum absolute atomic E-state index is 0.271. The van der Waals surface area contributed by atoms with Crippen LogP contribution in [0.2, 0.25) is 0 Å². The van der Waals surface area contributed by atoms with E-state index < -0.39 is 0 Å². The number of hydrogen-bond acceptors (Lipinski definition) is 4. The van der Waals surface area contributed by atoms with E-state index in [4.69, 9.17) is 0 Å². The Labute approximate surface area is 119 Å². The van der Waals surface area contributed by atoms with Crippen LogP contribution in [-0.4, -0.2) is 60.5 Å². The summed E-state index contributed by atoms with van der Waals surface area (Å²) in [7, 11) is 0. The number of rotatable bonds is 7. The van der Waals surface area contributed by atoms with Crippen molar-refractivity contribution in [3.8, 4) is 0 Å². The summed E-state index contributed by atoms with van der Waals surface area (Å²) >= 11 is 0. The van der Waals surface area contributed by atoms with Gasteiger partial charge in [-0.1, -0.05) is 0 Å². The van der Waals surface area contributed by atoms with Crippen molar-refractivity contribution >= 4 is 24.5 Å². The number of hydrogen-bond donors (Lipinski definition) is 2. The Bertz CT molecular complexity index is 314. The maximum Gasteiger partial charge on any atom is 0.337 e. The second kappa shape index (κ2) is 10.8. The van der Waals surface area contributed by atoms with Crippen LogP contribution < -0.4 is 10.9 Å². The molecular formula is C12H24N6O2. The highest BCUT2D eigenvalue weighted by molar-refractivity contribution is 6.16. The summed E-state index contributed by atoms with van der Waals surface area (Å²) in [5, 5.41) is 7.38. The molecule has 0 aliphatic rings. The molecule has 20 heavy (non-hydrogen) atoms. The molecule has 0 saturated heterocycles. The fraction of sp³-hybridized carbons (Fsp3) is 0.667. The van der Waals surface area contributed by atoms with Gasteiger partial charge in [0.15, 0.2) is 0 Å². The second-order valence-electron chi connectivity index (χ2n) is 3.73. The van der Waals surface area contributed by atoms with Crippen molar-refractivity contribution in [3.63, 3.8) is 0 Å². The van der Waals surface area contributed by atoms with E-state index in [1.807, 2.05) is 27.7 Å². The van der Waals surface area contributed by atoms with E-state index in [-0.39, 0.29) is 12.1 Å². The lowest BCUT2D eigenvalue weighted by Gasteiger charge is -2.17. The van der Waals surface area contributed by atoms with Gasteiger partial charge in [0.2, 0.25) is 0 Å².